The first-order valence-corrected chi connectivity index (χ1v) is 5.85. The second-order valence-electron chi connectivity index (χ2n) is 5.26. The number of rotatable bonds is 5. The molecule has 0 aromatic heterocycles. The lowest BCUT2D eigenvalue weighted by atomic mass is 9.91. The monoisotopic (exact) mass is 209 g/mol. The molecule has 1 atom stereocenters. The molecule has 0 aromatic rings. The Morgan fingerprint density at radius 1 is 1.53 bits per heavy atom. The third-order valence-corrected chi connectivity index (χ3v) is 3.22. The van der Waals surface area contributed by atoms with E-state index in [9.17, 15) is 0 Å². The molecule has 1 N–H and O–H groups in total. The fourth-order valence-electron chi connectivity index (χ4n) is 2.06. The fourth-order valence-corrected chi connectivity index (χ4v) is 2.06. The molecule has 15 heavy (non-hydrogen) atoms. The van der Waals surface area contributed by atoms with Gasteiger partial charge in [0.1, 0.15) is 0 Å². The summed E-state index contributed by atoms with van der Waals surface area (Å²) in [6, 6.07) is 2.36. The summed E-state index contributed by atoms with van der Waals surface area (Å²) in [6.45, 7) is 8.64. The summed E-state index contributed by atoms with van der Waals surface area (Å²) in [6.07, 6.45) is 2.28. The zero-order valence-electron chi connectivity index (χ0n) is 10.2. The van der Waals surface area contributed by atoms with Gasteiger partial charge in [0.2, 0.25) is 0 Å². The number of hydrogen-bond acceptors (Lipinski definition) is 3. The van der Waals surface area contributed by atoms with E-state index in [1.807, 2.05) is 20.9 Å². The van der Waals surface area contributed by atoms with Crippen molar-refractivity contribution in [2.24, 2.45) is 11.3 Å². The maximum absolute atomic E-state index is 8.93. The molecule has 0 aromatic carbocycles. The van der Waals surface area contributed by atoms with Gasteiger partial charge in [-0.2, -0.15) is 5.26 Å². The Morgan fingerprint density at radius 3 is 2.87 bits per heavy atom. The predicted octanol–water partition coefficient (Wildman–Crippen LogP) is 1.47. The topological polar surface area (TPSA) is 39.1 Å². The van der Waals surface area contributed by atoms with Gasteiger partial charge in [-0.1, -0.05) is 0 Å². The summed E-state index contributed by atoms with van der Waals surface area (Å²) < 4.78 is 0. The molecule has 86 valence electrons. The third-order valence-electron chi connectivity index (χ3n) is 3.22. The number of nitrogens with one attached hydrogen (secondary N) is 1. The zero-order chi connectivity index (χ0) is 11.3. The molecule has 0 saturated carbocycles. The number of likely N-dealkylation sites (tertiary alicyclic amines) is 1. The first kappa shape index (κ1) is 12.5. The van der Waals surface area contributed by atoms with E-state index in [2.05, 4.69) is 16.3 Å². The lowest BCUT2D eigenvalue weighted by molar-refractivity contribution is 0.279. The van der Waals surface area contributed by atoms with Gasteiger partial charge >= 0.3 is 0 Å². The van der Waals surface area contributed by atoms with Crippen LogP contribution in [0.15, 0.2) is 0 Å². The van der Waals surface area contributed by atoms with Crippen LogP contribution in [0.4, 0.5) is 0 Å². The molecular formula is C12H23N3. The highest BCUT2D eigenvalue weighted by Crippen LogP contribution is 2.22. The maximum Gasteiger partial charge on any atom is 0.0684 e. The standard InChI is InChI=1S/C12H23N3/c1-12(2,10-13)5-7-15-6-4-11(9-15)8-14-3/h11,14H,4-9H2,1-3H3. The molecule has 0 bridgehead atoms. The van der Waals surface area contributed by atoms with Gasteiger partial charge in [-0.05, 0) is 59.3 Å². The highest BCUT2D eigenvalue weighted by molar-refractivity contribution is 4.92. The SMILES string of the molecule is CNCC1CCN(CCC(C)(C)C#N)C1. The van der Waals surface area contributed by atoms with Crippen LogP contribution in [0.5, 0.6) is 0 Å². The molecule has 1 heterocycles. The molecular weight excluding hydrogens is 186 g/mol. The van der Waals surface area contributed by atoms with Crippen molar-refractivity contribution in [3.05, 3.63) is 0 Å². The smallest absolute Gasteiger partial charge is 0.0684 e. The van der Waals surface area contributed by atoms with Gasteiger partial charge in [0, 0.05) is 6.54 Å². The van der Waals surface area contributed by atoms with Gasteiger partial charge in [0.05, 0.1) is 11.5 Å². The Balaban J connectivity index is 2.22. The van der Waals surface area contributed by atoms with Crippen molar-refractivity contribution >= 4 is 0 Å². The largest absolute Gasteiger partial charge is 0.319 e. The highest BCUT2D eigenvalue weighted by Gasteiger charge is 2.24. The summed E-state index contributed by atoms with van der Waals surface area (Å²) in [5.74, 6) is 0.806. The van der Waals surface area contributed by atoms with Gasteiger partial charge < -0.3 is 10.2 Å². The van der Waals surface area contributed by atoms with Crippen molar-refractivity contribution in [3.63, 3.8) is 0 Å². The number of nitriles is 1. The average Bonchev–Trinajstić information content (AvgIpc) is 2.64. The van der Waals surface area contributed by atoms with Gasteiger partial charge in [0.25, 0.3) is 0 Å². The Kier molecular flexibility index (Phi) is 4.56. The van der Waals surface area contributed by atoms with Crippen LogP contribution in [0.2, 0.25) is 0 Å². The van der Waals surface area contributed by atoms with E-state index >= 15 is 0 Å². The second-order valence-corrected chi connectivity index (χ2v) is 5.26. The summed E-state index contributed by atoms with van der Waals surface area (Å²) in [7, 11) is 2.02. The lowest BCUT2D eigenvalue weighted by Crippen LogP contribution is -2.27. The number of hydrogen-bond donors (Lipinski definition) is 1. The van der Waals surface area contributed by atoms with E-state index in [1.165, 1.54) is 19.5 Å². The van der Waals surface area contributed by atoms with Crippen molar-refractivity contribution in [3.8, 4) is 6.07 Å². The van der Waals surface area contributed by atoms with E-state index in [-0.39, 0.29) is 5.41 Å². The first-order valence-electron chi connectivity index (χ1n) is 5.85. The van der Waals surface area contributed by atoms with Crippen LogP contribution in [0, 0.1) is 22.7 Å². The predicted molar refractivity (Wildman–Crippen MR) is 62.5 cm³/mol. The van der Waals surface area contributed by atoms with Crippen LogP contribution in [-0.2, 0) is 0 Å². The molecule has 1 aliphatic rings. The van der Waals surface area contributed by atoms with E-state index in [0.717, 1.165) is 25.4 Å². The van der Waals surface area contributed by atoms with Crippen LogP contribution in [0.25, 0.3) is 0 Å². The summed E-state index contributed by atoms with van der Waals surface area (Å²) in [4.78, 5) is 2.49. The van der Waals surface area contributed by atoms with Crippen molar-refractivity contribution < 1.29 is 0 Å². The Bertz CT molecular complexity index is 230. The minimum Gasteiger partial charge on any atom is -0.319 e. The van der Waals surface area contributed by atoms with Crippen molar-refractivity contribution in [1.29, 1.82) is 5.26 Å². The van der Waals surface area contributed by atoms with Crippen molar-refractivity contribution in [2.75, 3.05) is 33.2 Å². The van der Waals surface area contributed by atoms with E-state index < -0.39 is 0 Å². The summed E-state index contributed by atoms with van der Waals surface area (Å²) >= 11 is 0. The molecule has 0 amide bonds. The van der Waals surface area contributed by atoms with E-state index in [1.54, 1.807) is 0 Å². The van der Waals surface area contributed by atoms with E-state index in [4.69, 9.17) is 5.26 Å². The number of nitrogens with zero attached hydrogens (tertiary/aromatic N) is 2. The van der Waals surface area contributed by atoms with Gasteiger partial charge in [-0.15, -0.1) is 0 Å². The molecule has 3 heteroatoms. The lowest BCUT2D eigenvalue weighted by Gasteiger charge is -2.21. The fraction of sp³-hybridized carbons (Fsp3) is 0.917. The third kappa shape index (κ3) is 4.19. The zero-order valence-corrected chi connectivity index (χ0v) is 10.2. The van der Waals surface area contributed by atoms with Crippen molar-refractivity contribution in [1.82, 2.24) is 10.2 Å². The minimum absolute atomic E-state index is 0.166. The quantitative estimate of drug-likeness (QED) is 0.745. The normalized spacial score (nSPS) is 22.9. The molecule has 1 fully saturated rings. The van der Waals surface area contributed by atoms with Crippen LogP contribution in [0.3, 0.4) is 0 Å². The summed E-state index contributed by atoms with van der Waals surface area (Å²) in [5, 5.41) is 12.2. The van der Waals surface area contributed by atoms with Crippen molar-refractivity contribution in [2.45, 2.75) is 26.7 Å². The Hall–Kier alpha value is -0.590. The maximum atomic E-state index is 8.93. The van der Waals surface area contributed by atoms with Crippen LogP contribution < -0.4 is 5.32 Å². The van der Waals surface area contributed by atoms with Gasteiger partial charge in [0.15, 0.2) is 0 Å². The molecule has 3 nitrogen and oxygen atoms in total. The van der Waals surface area contributed by atoms with Crippen LogP contribution in [0.1, 0.15) is 26.7 Å². The average molecular weight is 209 g/mol. The van der Waals surface area contributed by atoms with Gasteiger partial charge in [-0.25, -0.2) is 0 Å². The Morgan fingerprint density at radius 2 is 2.27 bits per heavy atom. The molecule has 0 spiro atoms. The highest BCUT2D eigenvalue weighted by atomic mass is 15.1. The van der Waals surface area contributed by atoms with Crippen LogP contribution in [-0.4, -0.2) is 38.1 Å². The van der Waals surface area contributed by atoms with E-state index in [0.29, 0.717) is 0 Å². The minimum atomic E-state index is -0.166. The second kappa shape index (κ2) is 5.48. The molecule has 1 unspecified atom stereocenters. The molecule has 0 radical (unpaired) electrons. The molecule has 1 aliphatic heterocycles. The molecule has 0 aliphatic carbocycles. The summed E-state index contributed by atoms with van der Waals surface area (Å²) in [5.41, 5.74) is -0.166. The molecule has 1 rings (SSSR count). The van der Waals surface area contributed by atoms with Crippen LogP contribution >= 0.6 is 0 Å². The molecule has 1 saturated heterocycles. The Labute approximate surface area is 93.5 Å². The van der Waals surface area contributed by atoms with Gasteiger partial charge in [-0.3, -0.25) is 0 Å². The first-order chi connectivity index (χ1) is 7.07.